The summed E-state index contributed by atoms with van der Waals surface area (Å²) in [5.41, 5.74) is 0.135. The Bertz CT molecular complexity index is 871. The zero-order valence-corrected chi connectivity index (χ0v) is 10.8. The van der Waals surface area contributed by atoms with Gasteiger partial charge >= 0.3 is 0 Å². The molecular formula is C14H10O6. The zero-order valence-electron chi connectivity index (χ0n) is 10.8. The minimum atomic E-state index is -0.383. The van der Waals surface area contributed by atoms with Crippen LogP contribution in [-0.4, -0.2) is 20.5 Å². The lowest BCUT2D eigenvalue weighted by molar-refractivity contribution is 0.110. The van der Waals surface area contributed by atoms with Crippen LogP contribution in [0.1, 0.15) is 10.6 Å². The highest BCUT2D eigenvalue weighted by Gasteiger charge is 2.22. The number of rotatable bonds is 3. The lowest BCUT2D eigenvalue weighted by Gasteiger charge is -2.10. The third-order valence-corrected chi connectivity index (χ3v) is 3.04. The molecule has 2 heterocycles. The third-order valence-electron chi connectivity index (χ3n) is 3.04. The maximum atomic E-state index is 12.2. The predicted octanol–water partition coefficient (Wildman–Crippen LogP) is 2.37. The quantitative estimate of drug-likeness (QED) is 0.682. The molecule has 0 atom stereocenters. The Hall–Kier alpha value is -2.76. The number of aldehydes is 1. The second kappa shape index (κ2) is 4.41. The second-order valence-corrected chi connectivity index (χ2v) is 4.06. The number of ether oxygens (including phenoxy) is 2. The Balaban J connectivity index is 2.66. The first-order chi connectivity index (χ1) is 9.71. The van der Waals surface area contributed by atoms with Crippen LogP contribution in [0.3, 0.4) is 0 Å². The Morgan fingerprint density at radius 1 is 1.15 bits per heavy atom. The lowest BCUT2D eigenvalue weighted by Crippen LogP contribution is -2.05. The number of furan rings is 1. The number of hydrogen-bond acceptors (Lipinski definition) is 6. The first-order valence-corrected chi connectivity index (χ1v) is 5.75. The molecule has 0 aliphatic heterocycles. The molecule has 0 aliphatic carbocycles. The van der Waals surface area contributed by atoms with E-state index in [0.717, 1.165) is 6.07 Å². The molecule has 1 aromatic carbocycles. The first-order valence-electron chi connectivity index (χ1n) is 5.75. The van der Waals surface area contributed by atoms with E-state index in [2.05, 4.69) is 0 Å². The molecule has 0 amide bonds. The lowest BCUT2D eigenvalue weighted by atomic mass is 10.1. The van der Waals surface area contributed by atoms with Gasteiger partial charge < -0.3 is 18.3 Å². The van der Waals surface area contributed by atoms with Crippen molar-refractivity contribution in [1.29, 1.82) is 0 Å². The maximum Gasteiger partial charge on any atom is 0.206 e. The SMILES string of the molecule is COc1c2occc2c(OC)c2c(=O)cc(C=O)oc12. The van der Waals surface area contributed by atoms with Crippen molar-refractivity contribution in [3.63, 3.8) is 0 Å². The molecule has 3 aromatic rings. The highest BCUT2D eigenvalue weighted by Crippen LogP contribution is 2.41. The zero-order chi connectivity index (χ0) is 14.3. The van der Waals surface area contributed by atoms with Gasteiger partial charge in [-0.1, -0.05) is 0 Å². The molecule has 0 unspecified atom stereocenters. The minimum absolute atomic E-state index is 0.0891. The summed E-state index contributed by atoms with van der Waals surface area (Å²) in [4.78, 5) is 23.0. The molecule has 0 saturated heterocycles. The number of hydrogen-bond donors (Lipinski definition) is 0. The van der Waals surface area contributed by atoms with Gasteiger partial charge in [0.25, 0.3) is 0 Å². The maximum absolute atomic E-state index is 12.2. The number of fused-ring (bicyclic) bond motifs is 2. The third kappa shape index (κ3) is 1.51. The van der Waals surface area contributed by atoms with Crippen molar-refractivity contribution in [1.82, 2.24) is 0 Å². The van der Waals surface area contributed by atoms with Crippen LogP contribution >= 0.6 is 0 Å². The fraction of sp³-hybridized carbons (Fsp3) is 0.143. The van der Waals surface area contributed by atoms with Crippen LogP contribution in [0.15, 0.2) is 32.0 Å². The Morgan fingerprint density at radius 2 is 1.90 bits per heavy atom. The summed E-state index contributed by atoms with van der Waals surface area (Å²) < 4.78 is 21.3. The molecule has 0 aliphatic rings. The van der Waals surface area contributed by atoms with E-state index in [1.54, 1.807) is 6.07 Å². The van der Waals surface area contributed by atoms with E-state index < -0.39 is 0 Å². The topological polar surface area (TPSA) is 78.9 Å². The summed E-state index contributed by atoms with van der Waals surface area (Å²) in [7, 11) is 2.87. The number of benzene rings is 1. The van der Waals surface area contributed by atoms with E-state index in [4.69, 9.17) is 18.3 Å². The van der Waals surface area contributed by atoms with Gasteiger partial charge in [0.05, 0.1) is 25.9 Å². The van der Waals surface area contributed by atoms with E-state index in [-0.39, 0.29) is 27.9 Å². The summed E-state index contributed by atoms with van der Waals surface area (Å²) in [6.07, 6.45) is 1.92. The highest BCUT2D eigenvalue weighted by molar-refractivity contribution is 6.06. The van der Waals surface area contributed by atoms with E-state index in [0.29, 0.717) is 23.0 Å². The van der Waals surface area contributed by atoms with Crippen molar-refractivity contribution < 1.29 is 23.1 Å². The highest BCUT2D eigenvalue weighted by atomic mass is 16.5. The molecule has 102 valence electrons. The Kier molecular flexibility index (Phi) is 2.71. The monoisotopic (exact) mass is 274 g/mol. The molecule has 0 fully saturated rings. The number of carbonyl (C=O) groups is 1. The van der Waals surface area contributed by atoms with Crippen LogP contribution in [0.25, 0.3) is 21.9 Å². The normalized spacial score (nSPS) is 10.9. The average molecular weight is 274 g/mol. The van der Waals surface area contributed by atoms with Gasteiger partial charge in [-0.25, -0.2) is 0 Å². The fourth-order valence-electron chi connectivity index (χ4n) is 2.24. The minimum Gasteiger partial charge on any atom is -0.495 e. The van der Waals surface area contributed by atoms with Crippen molar-refractivity contribution in [2.45, 2.75) is 0 Å². The van der Waals surface area contributed by atoms with Crippen LogP contribution < -0.4 is 14.9 Å². The van der Waals surface area contributed by atoms with E-state index in [9.17, 15) is 9.59 Å². The van der Waals surface area contributed by atoms with Crippen molar-refractivity contribution >= 4 is 28.2 Å². The van der Waals surface area contributed by atoms with Crippen molar-refractivity contribution in [2.75, 3.05) is 14.2 Å². The number of carbonyl (C=O) groups excluding carboxylic acids is 1. The van der Waals surface area contributed by atoms with Crippen LogP contribution in [0.4, 0.5) is 0 Å². The van der Waals surface area contributed by atoms with Gasteiger partial charge in [0, 0.05) is 6.07 Å². The Morgan fingerprint density at radius 3 is 2.55 bits per heavy atom. The molecule has 0 bridgehead atoms. The van der Waals surface area contributed by atoms with Crippen molar-refractivity contribution in [2.24, 2.45) is 0 Å². The molecule has 0 radical (unpaired) electrons. The first kappa shape index (κ1) is 12.3. The van der Waals surface area contributed by atoms with Gasteiger partial charge in [0.1, 0.15) is 11.1 Å². The smallest absolute Gasteiger partial charge is 0.206 e. The molecule has 0 spiro atoms. The van der Waals surface area contributed by atoms with Gasteiger partial charge in [-0.05, 0) is 6.07 Å². The van der Waals surface area contributed by atoms with E-state index in [1.165, 1.54) is 20.5 Å². The van der Waals surface area contributed by atoms with Gasteiger partial charge in [-0.3, -0.25) is 9.59 Å². The fourth-order valence-corrected chi connectivity index (χ4v) is 2.24. The average Bonchev–Trinajstić information content (AvgIpc) is 2.93. The standard InChI is InChI=1S/C14H10O6/c1-17-11-8-3-4-19-12(8)14(18-2)13-10(11)9(16)5-7(6-15)20-13/h3-6H,1-2H3. The van der Waals surface area contributed by atoms with Crippen molar-refractivity contribution in [3.05, 3.63) is 34.4 Å². The molecule has 0 N–H and O–H groups in total. The van der Waals surface area contributed by atoms with Gasteiger partial charge in [-0.15, -0.1) is 0 Å². The predicted molar refractivity (Wildman–Crippen MR) is 70.7 cm³/mol. The van der Waals surface area contributed by atoms with Crippen LogP contribution in [0.2, 0.25) is 0 Å². The summed E-state index contributed by atoms with van der Waals surface area (Å²) in [5, 5.41) is 0.812. The molecule has 0 saturated carbocycles. The van der Waals surface area contributed by atoms with Crippen LogP contribution in [-0.2, 0) is 0 Å². The molecule has 20 heavy (non-hydrogen) atoms. The molecule has 6 nitrogen and oxygen atoms in total. The Labute approximate surface area is 112 Å². The number of methoxy groups -OCH3 is 2. The van der Waals surface area contributed by atoms with Crippen LogP contribution in [0, 0.1) is 0 Å². The molecular weight excluding hydrogens is 264 g/mol. The summed E-state index contributed by atoms with van der Waals surface area (Å²) >= 11 is 0. The molecule has 6 heteroatoms. The second-order valence-electron chi connectivity index (χ2n) is 4.06. The van der Waals surface area contributed by atoms with Gasteiger partial charge in [-0.2, -0.15) is 0 Å². The van der Waals surface area contributed by atoms with E-state index >= 15 is 0 Å². The summed E-state index contributed by atoms with van der Waals surface area (Å²) in [6, 6.07) is 2.78. The van der Waals surface area contributed by atoms with E-state index in [1.807, 2.05) is 0 Å². The largest absolute Gasteiger partial charge is 0.495 e. The summed E-state index contributed by atoms with van der Waals surface area (Å²) in [6.45, 7) is 0. The molecule has 3 rings (SSSR count). The van der Waals surface area contributed by atoms with Gasteiger partial charge in [0.15, 0.2) is 28.6 Å². The molecule has 2 aromatic heterocycles. The van der Waals surface area contributed by atoms with Gasteiger partial charge in [0.2, 0.25) is 5.75 Å². The van der Waals surface area contributed by atoms with Crippen molar-refractivity contribution in [3.8, 4) is 11.5 Å². The summed E-state index contributed by atoms with van der Waals surface area (Å²) in [5.74, 6) is 0.492. The van der Waals surface area contributed by atoms with Crippen LogP contribution in [0.5, 0.6) is 11.5 Å².